The standard InChI is InChI=1S/C24H29F3N2O2S/c1-17(2)29(32(30,31)21-10-6-9-20(13-21)24(25,26)27)23-12-11-19-15-28(16-22(19)23)14-18-7-4-3-5-8-18/h3-10,13,17,19,22-23H,11-12,14-16H2,1-2H3. The fourth-order valence-electron chi connectivity index (χ4n) is 5.41. The highest BCUT2D eigenvalue weighted by atomic mass is 32.2. The lowest BCUT2D eigenvalue weighted by Crippen LogP contribution is -2.47. The van der Waals surface area contributed by atoms with Crippen LogP contribution in [0.15, 0.2) is 59.5 Å². The Bertz CT molecular complexity index is 1040. The summed E-state index contributed by atoms with van der Waals surface area (Å²) >= 11 is 0. The van der Waals surface area contributed by atoms with E-state index in [1.165, 1.54) is 22.0 Å². The van der Waals surface area contributed by atoms with Crippen molar-refractivity contribution in [1.29, 1.82) is 0 Å². The van der Waals surface area contributed by atoms with Crippen molar-refractivity contribution >= 4 is 10.0 Å². The average Bonchev–Trinajstić information content (AvgIpc) is 3.29. The fraction of sp³-hybridized carbons (Fsp3) is 0.500. The molecule has 2 aliphatic rings. The monoisotopic (exact) mass is 466 g/mol. The summed E-state index contributed by atoms with van der Waals surface area (Å²) in [6, 6.07) is 13.7. The first-order chi connectivity index (χ1) is 15.1. The van der Waals surface area contributed by atoms with E-state index in [1.54, 1.807) is 13.8 Å². The minimum absolute atomic E-state index is 0.182. The predicted molar refractivity (Wildman–Crippen MR) is 117 cm³/mol. The number of benzene rings is 2. The SMILES string of the molecule is CC(C)N(C1CCC2CN(Cc3ccccc3)CC21)S(=O)(=O)c1cccc(C(F)(F)F)c1. The molecule has 3 unspecified atom stereocenters. The van der Waals surface area contributed by atoms with Gasteiger partial charge in [-0.3, -0.25) is 4.90 Å². The van der Waals surface area contributed by atoms with E-state index in [2.05, 4.69) is 17.0 Å². The Hall–Kier alpha value is -1.90. The molecule has 3 atom stereocenters. The molecular weight excluding hydrogens is 437 g/mol. The maximum atomic E-state index is 13.5. The number of nitrogens with zero attached hydrogens (tertiary/aromatic N) is 2. The summed E-state index contributed by atoms with van der Waals surface area (Å²) in [4.78, 5) is 2.08. The molecule has 32 heavy (non-hydrogen) atoms. The Morgan fingerprint density at radius 3 is 2.41 bits per heavy atom. The van der Waals surface area contributed by atoms with Gasteiger partial charge in [0, 0.05) is 31.7 Å². The lowest BCUT2D eigenvalue weighted by Gasteiger charge is -2.35. The first-order valence-corrected chi connectivity index (χ1v) is 12.5. The molecule has 0 radical (unpaired) electrons. The molecule has 4 rings (SSSR count). The summed E-state index contributed by atoms with van der Waals surface area (Å²) in [5, 5.41) is 0. The molecule has 8 heteroatoms. The van der Waals surface area contributed by atoms with Crippen LogP contribution in [0.3, 0.4) is 0 Å². The number of sulfonamides is 1. The Morgan fingerprint density at radius 2 is 1.75 bits per heavy atom. The van der Waals surface area contributed by atoms with Crippen LogP contribution < -0.4 is 0 Å². The molecule has 1 saturated carbocycles. The van der Waals surface area contributed by atoms with Gasteiger partial charge >= 0.3 is 6.18 Å². The minimum Gasteiger partial charge on any atom is -0.298 e. The van der Waals surface area contributed by atoms with Crippen LogP contribution in [-0.4, -0.2) is 42.8 Å². The summed E-state index contributed by atoms with van der Waals surface area (Å²) < 4.78 is 68.2. The van der Waals surface area contributed by atoms with Gasteiger partial charge in [0.2, 0.25) is 10.0 Å². The van der Waals surface area contributed by atoms with Gasteiger partial charge < -0.3 is 0 Å². The third-order valence-electron chi connectivity index (χ3n) is 6.72. The smallest absolute Gasteiger partial charge is 0.298 e. The molecule has 2 fully saturated rings. The first kappa shape index (κ1) is 23.3. The molecule has 1 aliphatic carbocycles. The van der Waals surface area contributed by atoms with Crippen LogP contribution in [0.25, 0.3) is 0 Å². The quantitative estimate of drug-likeness (QED) is 0.601. The van der Waals surface area contributed by atoms with Crippen molar-refractivity contribution in [3.63, 3.8) is 0 Å². The van der Waals surface area contributed by atoms with E-state index in [4.69, 9.17) is 0 Å². The van der Waals surface area contributed by atoms with Crippen LogP contribution >= 0.6 is 0 Å². The lowest BCUT2D eigenvalue weighted by atomic mass is 9.97. The number of hydrogen-bond acceptors (Lipinski definition) is 3. The first-order valence-electron chi connectivity index (χ1n) is 11.0. The highest BCUT2D eigenvalue weighted by Gasteiger charge is 2.48. The van der Waals surface area contributed by atoms with Gasteiger partial charge in [0.15, 0.2) is 0 Å². The van der Waals surface area contributed by atoms with Gasteiger partial charge in [-0.2, -0.15) is 17.5 Å². The maximum Gasteiger partial charge on any atom is 0.416 e. The van der Waals surface area contributed by atoms with Gasteiger partial charge in [-0.05, 0) is 62.3 Å². The van der Waals surface area contributed by atoms with Gasteiger partial charge in [0.05, 0.1) is 10.5 Å². The predicted octanol–water partition coefficient (Wildman–Crippen LogP) is 5.02. The zero-order valence-electron chi connectivity index (χ0n) is 18.3. The highest BCUT2D eigenvalue weighted by molar-refractivity contribution is 7.89. The van der Waals surface area contributed by atoms with Gasteiger partial charge in [0.1, 0.15) is 0 Å². The van der Waals surface area contributed by atoms with Crippen molar-refractivity contribution in [3.8, 4) is 0 Å². The number of alkyl halides is 3. The van der Waals surface area contributed by atoms with Gasteiger partial charge in [-0.15, -0.1) is 0 Å². The van der Waals surface area contributed by atoms with E-state index in [-0.39, 0.29) is 22.9 Å². The van der Waals surface area contributed by atoms with Gasteiger partial charge in [-0.25, -0.2) is 8.42 Å². The Morgan fingerprint density at radius 1 is 1.03 bits per heavy atom. The van der Waals surface area contributed by atoms with Crippen LogP contribution in [0.4, 0.5) is 13.2 Å². The zero-order chi connectivity index (χ0) is 23.1. The summed E-state index contributed by atoms with van der Waals surface area (Å²) in [5.74, 6) is 0.586. The van der Waals surface area contributed by atoms with Crippen LogP contribution in [-0.2, 0) is 22.7 Å². The maximum absolute atomic E-state index is 13.5. The third-order valence-corrected chi connectivity index (χ3v) is 8.81. The number of fused-ring (bicyclic) bond motifs is 1. The van der Waals surface area contributed by atoms with Crippen molar-refractivity contribution in [3.05, 3.63) is 65.7 Å². The molecule has 0 N–H and O–H groups in total. The molecule has 174 valence electrons. The number of halogens is 3. The van der Waals surface area contributed by atoms with Gasteiger partial charge in [-0.1, -0.05) is 36.4 Å². The van der Waals surface area contributed by atoms with Crippen molar-refractivity contribution in [2.24, 2.45) is 11.8 Å². The largest absolute Gasteiger partial charge is 0.416 e. The Balaban J connectivity index is 1.58. The van der Waals surface area contributed by atoms with Crippen molar-refractivity contribution < 1.29 is 21.6 Å². The van der Waals surface area contributed by atoms with Crippen molar-refractivity contribution in [1.82, 2.24) is 9.21 Å². The molecule has 0 bridgehead atoms. The lowest BCUT2D eigenvalue weighted by molar-refractivity contribution is -0.137. The number of hydrogen-bond donors (Lipinski definition) is 0. The fourth-order valence-corrected chi connectivity index (χ4v) is 7.35. The van der Waals surface area contributed by atoms with Crippen LogP contribution in [0.1, 0.15) is 37.8 Å². The van der Waals surface area contributed by atoms with E-state index >= 15 is 0 Å². The van der Waals surface area contributed by atoms with Crippen LogP contribution in [0.5, 0.6) is 0 Å². The number of likely N-dealkylation sites (tertiary alicyclic amines) is 1. The Kier molecular flexibility index (Phi) is 6.40. The van der Waals surface area contributed by atoms with Crippen LogP contribution in [0, 0.1) is 11.8 Å². The second-order valence-electron chi connectivity index (χ2n) is 9.20. The summed E-state index contributed by atoms with van der Waals surface area (Å²) in [6.45, 7) is 6.14. The van der Waals surface area contributed by atoms with Crippen molar-refractivity contribution in [2.75, 3.05) is 13.1 Å². The molecule has 2 aromatic carbocycles. The van der Waals surface area contributed by atoms with E-state index in [9.17, 15) is 21.6 Å². The van der Waals surface area contributed by atoms with E-state index < -0.39 is 21.8 Å². The molecule has 1 aliphatic heterocycles. The third kappa shape index (κ3) is 4.58. The molecule has 0 amide bonds. The summed E-state index contributed by atoms with van der Waals surface area (Å²) in [6.07, 6.45) is -2.91. The molecule has 1 heterocycles. The molecule has 1 saturated heterocycles. The van der Waals surface area contributed by atoms with E-state index in [1.807, 2.05) is 18.2 Å². The topological polar surface area (TPSA) is 40.6 Å². The van der Waals surface area contributed by atoms with E-state index in [0.717, 1.165) is 44.6 Å². The highest BCUT2D eigenvalue weighted by Crippen LogP contribution is 2.43. The molecular formula is C24H29F3N2O2S. The number of rotatable bonds is 6. The van der Waals surface area contributed by atoms with Crippen LogP contribution in [0.2, 0.25) is 0 Å². The minimum atomic E-state index is -4.59. The molecule has 0 aromatic heterocycles. The Labute approximate surface area is 188 Å². The summed E-state index contributed by atoms with van der Waals surface area (Å²) in [7, 11) is -4.07. The second-order valence-corrected chi connectivity index (χ2v) is 11.0. The van der Waals surface area contributed by atoms with E-state index in [0.29, 0.717) is 5.92 Å². The van der Waals surface area contributed by atoms with Crippen molar-refractivity contribution in [2.45, 2.75) is 56.4 Å². The summed E-state index contributed by atoms with van der Waals surface area (Å²) in [5.41, 5.74) is 0.280. The molecule has 0 spiro atoms. The second kappa shape index (κ2) is 8.80. The van der Waals surface area contributed by atoms with Gasteiger partial charge in [0.25, 0.3) is 0 Å². The normalized spacial score (nSPS) is 24.4. The zero-order valence-corrected chi connectivity index (χ0v) is 19.1. The molecule has 4 nitrogen and oxygen atoms in total. The average molecular weight is 467 g/mol. The molecule has 2 aromatic rings.